The van der Waals surface area contributed by atoms with Gasteiger partial charge in [0, 0.05) is 12.7 Å². The maximum atomic E-state index is 13.2. The molecule has 2 rings (SSSR count). The minimum Gasteiger partial charge on any atom is -0.444 e. The van der Waals surface area contributed by atoms with Crippen LogP contribution in [0.3, 0.4) is 0 Å². The SMILES string of the molecule is CON(C)C(=O)[C@H](C)N(C(=O)OCc1ccccc1)c1ccc(F)cc1. The third-order valence-corrected chi connectivity index (χ3v) is 3.84. The van der Waals surface area contributed by atoms with Crippen molar-refractivity contribution in [3.8, 4) is 0 Å². The Morgan fingerprint density at radius 1 is 1.08 bits per heavy atom. The quantitative estimate of drug-likeness (QED) is 0.741. The van der Waals surface area contributed by atoms with E-state index < -0.39 is 23.9 Å². The first kappa shape index (κ1) is 19.4. The predicted molar refractivity (Wildman–Crippen MR) is 94.7 cm³/mol. The molecule has 0 aliphatic rings. The van der Waals surface area contributed by atoms with E-state index in [2.05, 4.69) is 0 Å². The normalized spacial score (nSPS) is 11.5. The highest BCUT2D eigenvalue weighted by atomic mass is 19.1. The highest BCUT2D eigenvalue weighted by molar-refractivity contribution is 5.96. The van der Waals surface area contributed by atoms with Crippen LogP contribution in [0.1, 0.15) is 12.5 Å². The topological polar surface area (TPSA) is 59.1 Å². The van der Waals surface area contributed by atoms with Crippen molar-refractivity contribution in [1.82, 2.24) is 5.06 Å². The van der Waals surface area contributed by atoms with Gasteiger partial charge in [0.25, 0.3) is 5.91 Å². The van der Waals surface area contributed by atoms with E-state index >= 15 is 0 Å². The Labute approximate surface area is 151 Å². The molecule has 0 heterocycles. The Balaban J connectivity index is 2.23. The molecule has 0 fully saturated rings. The van der Waals surface area contributed by atoms with Gasteiger partial charge in [-0.3, -0.25) is 14.5 Å². The molecule has 7 heteroatoms. The molecule has 0 aromatic heterocycles. The Bertz CT molecular complexity index is 737. The summed E-state index contributed by atoms with van der Waals surface area (Å²) in [6.07, 6.45) is -0.717. The van der Waals surface area contributed by atoms with Crippen LogP contribution in [0.2, 0.25) is 0 Å². The fourth-order valence-corrected chi connectivity index (χ4v) is 2.34. The van der Waals surface area contributed by atoms with Gasteiger partial charge in [0.15, 0.2) is 0 Å². The van der Waals surface area contributed by atoms with Gasteiger partial charge in [-0.15, -0.1) is 0 Å². The number of benzene rings is 2. The predicted octanol–water partition coefficient (Wildman–Crippen LogP) is 3.38. The third kappa shape index (κ3) is 4.80. The van der Waals surface area contributed by atoms with Gasteiger partial charge in [-0.25, -0.2) is 14.2 Å². The summed E-state index contributed by atoms with van der Waals surface area (Å²) in [5, 5.41) is 1.02. The summed E-state index contributed by atoms with van der Waals surface area (Å²) in [4.78, 5) is 31.1. The lowest BCUT2D eigenvalue weighted by Crippen LogP contribution is -2.48. The number of hydrogen-bond donors (Lipinski definition) is 0. The van der Waals surface area contributed by atoms with Crippen LogP contribution in [0.25, 0.3) is 0 Å². The zero-order valence-corrected chi connectivity index (χ0v) is 14.9. The van der Waals surface area contributed by atoms with Crippen LogP contribution < -0.4 is 4.90 Å². The smallest absolute Gasteiger partial charge is 0.415 e. The van der Waals surface area contributed by atoms with Crippen LogP contribution in [-0.4, -0.2) is 37.3 Å². The fraction of sp³-hybridized carbons (Fsp3) is 0.263. The highest BCUT2D eigenvalue weighted by Crippen LogP contribution is 2.20. The van der Waals surface area contributed by atoms with E-state index in [0.29, 0.717) is 5.69 Å². The average Bonchev–Trinajstić information content (AvgIpc) is 2.67. The van der Waals surface area contributed by atoms with Crippen LogP contribution in [0.5, 0.6) is 0 Å². The van der Waals surface area contributed by atoms with Crippen molar-refractivity contribution < 1.29 is 23.6 Å². The molecular weight excluding hydrogens is 339 g/mol. The number of carbonyl (C=O) groups excluding carboxylic acids is 2. The summed E-state index contributed by atoms with van der Waals surface area (Å²) < 4.78 is 18.6. The standard InChI is InChI=1S/C19H21FN2O4/c1-14(18(23)21(2)25-3)22(17-11-9-16(20)10-12-17)19(24)26-13-15-7-5-4-6-8-15/h4-12,14H,13H2,1-3H3/t14-/m0/s1. The van der Waals surface area contributed by atoms with Crippen molar-refractivity contribution in [2.45, 2.75) is 19.6 Å². The number of anilines is 1. The average molecular weight is 360 g/mol. The van der Waals surface area contributed by atoms with E-state index in [4.69, 9.17) is 9.57 Å². The van der Waals surface area contributed by atoms with Crippen molar-refractivity contribution in [2.75, 3.05) is 19.1 Å². The summed E-state index contributed by atoms with van der Waals surface area (Å²) in [7, 11) is 2.79. The summed E-state index contributed by atoms with van der Waals surface area (Å²) in [5.41, 5.74) is 1.16. The molecular formula is C19H21FN2O4. The second kappa shape index (κ2) is 8.96. The molecule has 0 N–H and O–H groups in total. The van der Waals surface area contributed by atoms with Gasteiger partial charge in [-0.1, -0.05) is 30.3 Å². The zero-order chi connectivity index (χ0) is 19.1. The first-order chi connectivity index (χ1) is 12.4. The Morgan fingerprint density at radius 3 is 2.27 bits per heavy atom. The van der Waals surface area contributed by atoms with Crippen LogP contribution in [-0.2, 0) is 21.0 Å². The number of likely N-dealkylation sites (N-methyl/N-ethyl adjacent to an activating group) is 1. The summed E-state index contributed by atoms with van der Waals surface area (Å²) in [6.45, 7) is 1.60. The van der Waals surface area contributed by atoms with Crippen molar-refractivity contribution >= 4 is 17.7 Å². The van der Waals surface area contributed by atoms with Gasteiger partial charge in [0.2, 0.25) is 0 Å². The number of nitrogens with zero attached hydrogens (tertiary/aromatic N) is 2. The molecule has 0 unspecified atom stereocenters. The van der Waals surface area contributed by atoms with Gasteiger partial charge < -0.3 is 4.74 Å². The number of amides is 2. The molecule has 0 saturated heterocycles. The second-order valence-corrected chi connectivity index (χ2v) is 5.58. The van der Waals surface area contributed by atoms with E-state index in [0.717, 1.165) is 10.6 Å². The van der Waals surface area contributed by atoms with Gasteiger partial charge >= 0.3 is 6.09 Å². The maximum Gasteiger partial charge on any atom is 0.415 e. The summed E-state index contributed by atoms with van der Waals surface area (Å²) >= 11 is 0. The molecule has 138 valence electrons. The monoisotopic (exact) mass is 360 g/mol. The fourth-order valence-electron chi connectivity index (χ4n) is 2.34. The number of carbonyl (C=O) groups is 2. The lowest BCUT2D eigenvalue weighted by molar-refractivity contribution is -0.169. The molecule has 0 spiro atoms. The summed E-state index contributed by atoms with van der Waals surface area (Å²) in [5.74, 6) is -0.896. The van der Waals surface area contributed by atoms with Crippen molar-refractivity contribution in [2.24, 2.45) is 0 Å². The van der Waals surface area contributed by atoms with Crippen molar-refractivity contribution in [3.63, 3.8) is 0 Å². The minimum absolute atomic E-state index is 0.0540. The first-order valence-corrected chi connectivity index (χ1v) is 8.01. The van der Waals surface area contributed by atoms with E-state index in [1.807, 2.05) is 30.3 Å². The third-order valence-electron chi connectivity index (χ3n) is 3.84. The molecule has 0 aliphatic heterocycles. The van der Waals surface area contributed by atoms with Gasteiger partial charge in [-0.05, 0) is 36.8 Å². The van der Waals surface area contributed by atoms with E-state index in [1.54, 1.807) is 6.92 Å². The minimum atomic E-state index is -0.909. The summed E-state index contributed by atoms with van der Waals surface area (Å²) in [6, 6.07) is 13.5. The number of hydrogen-bond acceptors (Lipinski definition) is 4. The highest BCUT2D eigenvalue weighted by Gasteiger charge is 2.31. The number of rotatable bonds is 6. The van der Waals surface area contributed by atoms with Crippen molar-refractivity contribution in [1.29, 1.82) is 0 Å². The Kier molecular flexibility index (Phi) is 6.68. The molecule has 26 heavy (non-hydrogen) atoms. The molecule has 2 amide bonds. The van der Waals surface area contributed by atoms with E-state index in [-0.39, 0.29) is 6.61 Å². The van der Waals surface area contributed by atoms with Gasteiger partial charge in [-0.2, -0.15) is 0 Å². The van der Waals surface area contributed by atoms with Crippen LogP contribution >= 0.6 is 0 Å². The number of ether oxygens (including phenoxy) is 1. The second-order valence-electron chi connectivity index (χ2n) is 5.58. The van der Waals surface area contributed by atoms with E-state index in [1.165, 1.54) is 43.3 Å². The molecule has 0 bridgehead atoms. The molecule has 2 aromatic carbocycles. The molecule has 2 aromatic rings. The van der Waals surface area contributed by atoms with Crippen LogP contribution in [0.4, 0.5) is 14.9 Å². The maximum absolute atomic E-state index is 13.2. The Hall–Kier alpha value is -2.93. The lowest BCUT2D eigenvalue weighted by Gasteiger charge is -2.29. The molecule has 1 atom stereocenters. The molecule has 6 nitrogen and oxygen atoms in total. The zero-order valence-electron chi connectivity index (χ0n) is 14.9. The molecule has 0 saturated carbocycles. The van der Waals surface area contributed by atoms with E-state index in [9.17, 15) is 14.0 Å². The van der Waals surface area contributed by atoms with Gasteiger partial charge in [0.05, 0.1) is 7.11 Å². The van der Waals surface area contributed by atoms with Crippen molar-refractivity contribution in [3.05, 3.63) is 66.0 Å². The first-order valence-electron chi connectivity index (χ1n) is 8.01. The number of hydroxylamine groups is 2. The van der Waals surface area contributed by atoms with Crippen LogP contribution in [0, 0.1) is 5.82 Å². The largest absolute Gasteiger partial charge is 0.444 e. The van der Waals surface area contributed by atoms with Crippen LogP contribution in [0.15, 0.2) is 54.6 Å². The Morgan fingerprint density at radius 2 is 1.69 bits per heavy atom. The van der Waals surface area contributed by atoms with Gasteiger partial charge in [0.1, 0.15) is 18.5 Å². The number of halogens is 1. The lowest BCUT2D eigenvalue weighted by atomic mass is 10.2. The molecule has 0 radical (unpaired) electrons. The molecule has 0 aliphatic carbocycles.